The maximum absolute atomic E-state index is 13.1. The van der Waals surface area contributed by atoms with Gasteiger partial charge in [-0.15, -0.1) is 0 Å². The highest BCUT2D eigenvalue weighted by Crippen LogP contribution is 2.27. The summed E-state index contributed by atoms with van der Waals surface area (Å²) >= 11 is 0. The Labute approximate surface area is 217 Å². The maximum Gasteiger partial charge on any atom is 0.264 e. The zero-order valence-corrected chi connectivity index (χ0v) is 22.4. The first kappa shape index (κ1) is 26.7. The Bertz CT molecular complexity index is 1480. The van der Waals surface area contributed by atoms with E-state index >= 15 is 0 Å². The van der Waals surface area contributed by atoms with Crippen molar-refractivity contribution in [1.82, 2.24) is 14.3 Å². The first-order chi connectivity index (χ1) is 17.4. The second kappa shape index (κ2) is 10.6. The molecule has 2 N–H and O–H groups in total. The lowest BCUT2D eigenvalue weighted by Gasteiger charge is -2.34. The van der Waals surface area contributed by atoms with Gasteiger partial charge in [0.25, 0.3) is 15.9 Å². The summed E-state index contributed by atoms with van der Waals surface area (Å²) in [6, 6.07) is 13.1. The molecule has 0 radical (unpaired) electrons. The van der Waals surface area contributed by atoms with Gasteiger partial charge in [0.1, 0.15) is 0 Å². The van der Waals surface area contributed by atoms with Gasteiger partial charge in [0.2, 0.25) is 16.0 Å². The van der Waals surface area contributed by atoms with Gasteiger partial charge in [0.05, 0.1) is 9.79 Å². The van der Waals surface area contributed by atoms with Crippen LogP contribution in [0.4, 0.5) is 11.6 Å². The molecule has 1 aliphatic heterocycles. The second-order valence-electron chi connectivity index (χ2n) is 9.40. The summed E-state index contributed by atoms with van der Waals surface area (Å²) in [5.74, 6) is 0.0893. The fourth-order valence-corrected chi connectivity index (χ4v) is 6.96. The third-order valence-corrected chi connectivity index (χ3v) is 9.22. The van der Waals surface area contributed by atoms with Gasteiger partial charge in [-0.1, -0.05) is 13.8 Å². The molecule has 3 aromatic rings. The number of nitrogens with one attached hydrogen (secondary N) is 2. The molecule has 0 unspecified atom stereocenters. The van der Waals surface area contributed by atoms with Gasteiger partial charge < -0.3 is 5.32 Å². The minimum absolute atomic E-state index is 0.0217. The number of anilines is 2. The lowest BCUT2D eigenvalue weighted by Crippen LogP contribution is -2.42. The molecule has 1 fully saturated rings. The van der Waals surface area contributed by atoms with Crippen molar-refractivity contribution in [3.05, 3.63) is 72.1 Å². The number of hydrogen-bond donors (Lipinski definition) is 2. The summed E-state index contributed by atoms with van der Waals surface area (Å²) in [6.07, 6.45) is 2.45. The number of hydrogen-bond acceptors (Lipinski definition) is 7. The summed E-state index contributed by atoms with van der Waals surface area (Å²) in [5, 5.41) is 2.69. The predicted octanol–water partition coefficient (Wildman–Crippen LogP) is 3.50. The van der Waals surface area contributed by atoms with Gasteiger partial charge >= 0.3 is 0 Å². The van der Waals surface area contributed by atoms with Gasteiger partial charge in [0, 0.05) is 36.2 Å². The molecule has 196 valence electrons. The minimum Gasteiger partial charge on any atom is -0.322 e. The Morgan fingerprint density at radius 1 is 0.892 bits per heavy atom. The zero-order chi connectivity index (χ0) is 26.8. The predicted molar refractivity (Wildman–Crippen MR) is 140 cm³/mol. The molecular weight excluding hydrogens is 514 g/mol. The second-order valence-corrected chi connectivity index (χ2v) is 13.0. The lowest BCUT2D eigenvalue weighted by atomic mass is 9.94. The van der Waals surface area contributed by atoms with Crippen molar-refractivity contribution >= 4 is 37.6 Å². The highest BCUT2D eigenvalue weighted by atomic mass is 32.2. The largest absolute Gasteiger partial charge is 0.322 e. The first-order valence-corrected chi connectivity index (χ1v) is 14.7. The first-order valence-electron chi connectivity index (χ1n) is 11.8. The van der Waals surface area contributed by atoms with E-state index in [1.165, 1.54) is 59.0 Å². The van der Waals surface area contributed by atoms with Crippen LogP contribution in [0.2, 0.25) is 0 Å². The number of amides is 1. The van der Waals surface area contributed by atoms with Gasteiger partial charge in [-0.3, -0.25) is 4.79 Å². The molecule has 2 atom stereocenters. The summed E-state index contributed by atoms with van der Waals surface area (Å²) in [7, 11) is -7.55. The number of piperidine rings is 1. The van der Waals surface area contributed by atoms with Crippen LogP contribution in [0.15, 0.2) is 70.6 Å². The number of rotatable bonds is 7. The highest BCUT2D eigenvalue weighted by molar-refractivity contribution is 7.92. The fourth-order valence-electron chi connectivity index (χ4n) is 4.33. The quantitative estimate of drug-likeness (QED) is 0.465. The number of sulfonamides is 2. The molecule has 1 saturated heterocycles. The maximum atomic E-state index is 13.1. The fraction of sp³-hybridized carbons (Fsp3) is 0.320. The summed E-state index contributed by atoms with van der Waals surface area (Å²) < 4.78 is 55.1. The van der Waals surface area contributed by atoms with Crippen LogP contribution in [0, 0.1) is 18.8 Å². The molecule has 10 nitrogen and oxygen atoms in total. The van der Waals surface area contributed by atoms with Crippen LogP contribution < -0.4 is 10.0 Å². The third kappa shape index (κ3) is 6.32. The molecule has 1 aliphatic rings. The van der Waals surface area contributed by atoms with Crippen molar-refractivity contribution in [3.8, 4) is 0 Å². The van der Waals surface area contributed by atoms with Gasteiger partial charge in [0.15, 0.2) is 0 Å². The van der Waals surface area contributed by atoms with Crippen LogP contribution in [0.1, 0.15) is 36.3 Å². The Morgan fingerprint density at radius 3 is 2.08 bits per heavy atom. The zero-order valence-electron chi connectivity index (χ0n) is 20.7. The third-order valence-electron chi connectivity index (χ3n) is 6.03. The Hall–Kier alpha value is -3.35. The molecule has 1 amide bonds. The SMILES string of the molecule is Cc1ccnc(NS(=O)(=O)c2ccc(NC(=O)c3ccc(S(=O)(=O)N4C[C@@H](C)C[C@H](C)C4)cc3)cc2)n1. The van der Waals surface area contributed by atoms with E-state index < -0.39 is 26.0 Å². The molecule has 1 aromatic heterocycles. The van der Waals surface area contributed by atoms with E-state index in [4.69, 9.17) is 0 Å². The molecule has 0 spiro atoms. The van der Waals surface area contributed by atoms with Gasteiger partial charge in [-0.05, 0) is 79.8 Å². The van der Waals surface area contributed by atoms with E-state index in [1.807, 2.05) is 13.8 Å². The normalized spacial score (nSPS) is 18.8. The number of carbonyl (C=O) groups is 1. The van der Waals surface area contributed by atoms with Crippen molar-refractivity contribution in [1.29, 1.82) is 0 Å². The average Bonchev–Trinajstić information content (AvgIpc) is 2.83. The summed E-state index contributed by atoms with van der Waals surface area (Å²) in [4.78, 5) is 20.7. The summed E-state index contributed by atoms with van der Waals surface area (Å²) in [5.41, 5.74) is 1.27. The molecular formula is C25H29N5O5S2. The molecule has 0 bridgehead atoms. The number of carbonyl (C=O) groups excluding carboxylic acids is 1. The Balaban J connectivity index is 1.42. The van der Waals surface area contributed by atoms with Crippen LogP contribution >= 0.6 is 0 Å². The van der Waals surface area contributed by atoms with Crippen molar-refractivity contribution in [2.24, 2.45) is 11.8 Å². The Morgan fingerprint density at radius 2 is 1.49 bits per heavy atom. The van der Waals surface area contributed by atoms with E-state index in [9.17, 15) is 21.6 Å². The minimum atomic E-state index is -3.91. The van der Waals surface area contributed by atoms with E-state index in [1.54, 1.807) is 13.0 Å². The molecule has 12 heteroatoms. The number of aromatic nitrogens is 2. The van der Waals surface area contributed by atoms with E-state index in [0.717, 1.165) is 6.42 Å². The van der Waals surface area contributed by atoms with Crippen LogP contribution in [-0.4, -0.2) is 50.1 Å². The molecule has 0 saturated carbocycles. The van der Waals surface area contributed by atoms with Crippen LogP contribution in [0.3, 0.4) is 0 Å². The monoisotopic (exact) mass is 543 g/mol. The molecule has 4 rings (SSSR count). The lowest BCUT2D eigenvalue weighted by molar-refractivity contribution is 0.102. The van der Waals surface area contributed by atoms with Crippen molar-refractivity contribution in [2.75, 3.05) is 23.1 Å². The van der Waals surface area contributed by atoms with Crippen molar-refractivity contribution in [2.45, 2.75) is 37.0 Å². The van der Waals surface area contributed by atoms with Crippen LogP contribution in [0.5, 0.6) is 0 Å². The smallest absolute Gasteiger partial charge is 0.264 e. The van der Waals surface area contributed by atoms with Gasteiger partial charge in [-0.25, -0.2) is 31.5 Å². The molecule has 0 aliphatic carbocycles. The molecule has 2 aromatic carbocycles. The van der Waals surface area contributed by atoms with E-state index in [0.29, 0.717) is 24.5 Å². The standard InChI is InChI=1S/C25H29N5O5S2/c1-17-14-18(2)16-30(15-17)37(34,35)23-8-4-20(5-9-23)24(31)28-21-6-10-22(11-7-21)36(32,33)29-25-26-13-12-19(3)27-25/h4-13,17-18H,14-16H2,1-3H3,(H,28,31)(H,26,27,29)/t17-,18-/m0/s1. The summed E-state index contributed by atoms with van der Waals surface area (Å²) in [6.45, 7) is 6.77. The number of benzene rings is 2. The number of nitrogens with zero attached hydrogens (tertiary/aromatic N) is 3. The van der Waals surface area contributed by atoms with Gasteiger partial charge in [-0.2, -0.15) is 4.31 Å². The van der Waals surface area contributed by atoms with E-state index in [2.05, 4.69) is 20.0 Å². The van der Waals surface area contributed by atoms with Crippen LogP contribution in [-0.2, 0) is 20.0 Å². The molecule has 2 heterocycles. The Kier molecular flexibility index (Phi) is 7.62. The molecule has 37 heavy (non-hydrogen) atoms. The van der Waals surface area contributed by atoms with Crippen molar-refractivity contribution in [3.63, 3.8) is 0 Å². The number of aryl methyl sites for hydroxylation is 1. The van der Waals surface area contributed by atoms with Crippen molar-refractivity contribution < 1.29 is 21.6 Å². The van der Waals surface area contributed by atoms with Crippen LogP contribution in [0.25, 0.3) is 0 Å². The average molecular weight is 544 g/mol. The topological polar surface area (TPSA) is 138 Å². The highest BCUT2D eigenvalue weighted by Gasteiger charge is 2.31. The van der Waals surface area contributed by atoms with E-state index in [-0.39, 0.29) is 33.1 Å².